The van der Waals surface area contributed by atoms with E-state index in [1.807, 2.05) is 18.2 Å². The molecule has 0 aliphatic rings. The van der Waals surface area contributed by atoms with Gasteiger partial charge in [0.1, 0.15) is 5.75 Å². The van der Waals surface area contributed by atoms with E-state index in [9.17, 15) is 4.39 Å². The molecule has 18 heavy (non-hydrogen) atoms. The van der Waals surface area contributed by atoms with Crippen molar-refractivity contribution < 1.29 is 13.9 Å². The summed E-state index contributed by atoms with van der Waals surface area (Å²) in [4.78, 5) is 0. The van der Waals surface area contributed by atoms with E-state index in [2.05, 4.69) is 5.32 Å². The average Bonchev–Trinajstić information content (AvgIpc) is 2.37. The minimum Gasteiger partial charge on any atom is -0.493 e. The number of alkyl halides is 1. The molecular formula is C13H19ClFNO2. The minimum absolute atomic E-state index is 0.363. The molecule has 1 N–H and O–H groups in total. The van der Waals surface area contributed by atoms with Gasteiger partial charge in [-0.15, -0.1) is 0 Å². The number of methoxy groups -OCH3 is 1. The van der Waals surface area contributed by atoms with Crippen LogP contribution in [0.4, 0.5) is 4.39 Å². The molecule has 3 nitrogen and oxygen atoms in total. The lowest BCUT2D eigenvalue weighted by Gasteiger charge is -2.13. The van der Waals surface area contributed by atoms with Crippen LogP contribution in [0.15, 0.2) is 18.2 Å². The van der Waals surface area contributed by atoms with Crippen molar-refractivity contribution in [2.24, 2.45) is 0 Å². The van der Waals surface area contributed by atoms with Gasteiger partial charge in [0.15, 0.2) is 0 Å². The first-order valence-corrected chi connectivity index (χ1v) is 6.33. The van der Waals surface area contributed by atoms with Crippen molar-refractivity contribution in [3.63, 3.8) is 0 Å². The van der Waals surface area contributed by atoms with E-state index >= 15 is 0 Å². The molecule has 1 rings (SSSR count). The topological polar surface area (TPSA) is 30.5 Å². The van der Waals surface area contributed by atoms with Gasteiger partial charge in [0.25, 0.3) is 0 Å². The maximum atomic E-state index is 12.0. The first-order valence-electron chi connectivity index (χ1n) is 5.95. The monoisotopic (exact) mass is 275 g/mol. The number of nitrogens with one attached hydrogen (secondary N) is 1. The number of rotatable bonds is 9. The van der Waals surface area contributed by atoms with Crippen LogP contribution in [0.3, 0.4) is 0 Å². The van der Waals surface area contributed by atoms with Crippen LogP contribution in [-0.2, 0) is 11.3 Å². The van der Waals surface area contributed by atoms with Crippen molar-refractivity contribution in [1.29, 1.82) is 0 Å². The number of benzene rings is 1. The summed E-state index contributed by atoms with van der Waals surface area (Å²) in [7, 11) is 1.66. The standard InChI is InChI=1S/C13H19ClFNO2/c1-17-9-7-16-10-11-12(14)4-2-5-13(11)18-8-3-6-15/h2,4-5,16H,3,6-10H2,1H3. The molecule has 0 aliphatic heterocycles. The van der Waals surface area contributed by atoms with E-state index in [1.54, 1.807) is 7.11 Å². The fraction of sp³-hybridized carbons (Fsp3) is 0.538. The maximum absolute atomic E-state index is 12.0. The van der Waals surface area contributed by atoms with Gasteiger partial charge < -0.3 is 14.8 Å². The Kier molecular flexibility index (Phi) is 7.73. The predicted octanol–water partition coefficient (Wildman–Crippen LogP) is 2.81. The van der Waals surface area contributed by atoms with Crippen LogP contribution >= 0.6 is 11.6 Å². The van der Waals surface area contributed by atoms with Crippen molar-refractivity contribution in [3.05, 3.63) is 28.8 Å². The molecule has 0 bridgehead atoms. The van der Waals surface area contributed by atoms with Crippen molar-refractivity contribution >= 4 is 11.6 Å². The van der Waals surface area contributed by atoms with E-state index in [4.69, 9.17) is 21.1 Å². The van der Waals surface area contributed by atoms with Gasteiger partial charge in [0, 0.05) is 37.2 Å². The van der Waals surface area contributed by atoms with Crippen LogP contribution in [-0.4, -0.2) is 33.5 Å². The minimum atomic E-state index is -0.373. The van der Waals surface area contributed by atoms with Gasteiger partial charge in [0.2, 0.25) is 0 Å². The molecule has 5 heteroatoms. The van der Waals surface area contributed by atoms with Gasteiger partial charge in [0.05, 0.1) is 19.9 Å². The van der Waals surface area contributed by atoms with Crippen molar-refractivity contribution in [3.8, 4) is 5.75 Å². The third-order valence-electron chi connectivity index (χ3n) is 2.40. The zero-order valence-electron chi connectivity index (χ0n) is 10.5. The van der Waals surface area contributed by atoms with Gasteiger partial charge in [-0.05, 0) is 12.1 Å². The Balaban J connectivity index is 2.56. The van der Waals surface area contributed by atoms with Gasteiger partial charge in [-0.1, -0.05) is 17.7 Å². The van der Waals surface area contributed by atoms with Crippen molar-refractivity contribution in [2.45, 2.75) is 13.0 Å². The smallest absolute Gasteiger partial charge is 0.125 e. The quantitative estimate of drug-likeness (QED) is 0.703. The highest BCUT2D eigenvalue weighted by Crippen LogP contribution is 2.26. The Hall–Kier alpha value is -0.840. The maximum Gasteiger partial charge on any atom is 0.125 e. The predicted molar refractivity (Wildman–Crippen MR) is 71.1 cm³/mol. The Morgan fingerprint density at radius 2 is 2.17 bits per heavy atom. The number of halogens is 2. The highest BCUT2D eigenvalue weighted by molar-refractivity contribution is 6.31. The van der Waals surface area contributed by atoms with E-state index in [1.165, 1.54) is 0 Å². The van der Waals surface area contributed by atoms with Gasteiger partial charge in [-0.3, -0.25) is 4.39 Å². The van der Waals surface area contributed by atoms with Gasteiger partial charge in [-0.2, -0.15) is 0 Å². The zero-order chi connectivity index (χ0) is 13.2. The van der Waals surface area contributed by atoms with E-state index in [0.717, 1.165) is 12.1 Å². The van der Waals surface area contributed by atoms with Gasteiger partial charge in [-0.25, -0.2) is 0 Å². The van der Waals surface area contributed by atoms with E-state index in [-0.39, 0.29) is 6.67 Å². The average molecular weight is 276 g/mol. The number of hydrogen-bond donors (Lipinski definition) is 1. The molecule has 102 valence electrons. The van der Waals surface area contributed by atoms with E-state index < -0.39 is 0 Å². The molecule has 0 radical (unpaired) electrons. The lowest BCUT2D eigenvalue weighted by Crippen LogP contribution is -2.19. The Labute approximate surface area is 112 Å². The molecule has 0 aliphatic carbocycles. The summed E-state index contributed by atoms with van der Waals surface area (Å²) in [6.07, 6.45) is 0.392. The molecule has 0 spiro atoms. The first kappa shape index (κ1) is 15.2. The van der Waals surface area contributed by atoms with Crippen LogP contribution in [0.5, 0.6) is 5.75 Å². The zero-order valence-corrected chi connectivity index (χ0v) is 11.3. The molecule has 0 heterocycles. The normalized spacial score (nSPS) is 10.6. The van der Waals surface area contributed by atoms with Crippen LogP contribution in [0.25, 0.3) is 0 Å². The lowest BCUT2D eigenvalue weighted by molar-refractivity contribution is 0.199. The molecule has 1 aromatic carbocycles. The number of hydrogen-bond acceptors (Lipinski definition) is 3. The van der Waals surface area contributed by atoms with Crippen LogP contribution in [0.1, 0.15) is 12.0 Å². The highest BCUT2D eigenvalue weighted by Gasteiger charge is 2.07. The molecule has 0 amide bonds. The molecule has 0 unspecified atom stereocenters. The largest absolute Gasteiger partial charge is 0.493 e. The van der Waals surface area contributed by atoms with Crippen molar-refractivity contribution in [2.75, 3.05) is 33.5 Å². The van der Waals surface area contributed by atoms with Gasteiger partial charge >= 0.3 is 0 Å². The molecule has 0 atom stereocenters. The SMILES string of the molecule is COCCNCc1c(Cl)cccc1OCCCF. The van der Waals surface area contributed by atoms with Crippen LogP contribution < -0.4 is 10.1 Å². The molecule has 0 aromatic heterocycles. The Bertz CT molecular complexity index is 350. The summed E-state index contributed by atoms with van der Waals surface area (Å²) in [5, 5.41) is 3.86. The molecular weight excluding hydrogens is 257 g/mol. The van der Waals surface area contributed by atoms with Crippen LogP contribution in [0.2, 0.25) is 5.02 Å². The fourth-order valence-corrected chi connectivity index (χ4v) is 1.70. The molecule has 0 saturated carbocycles. The fourth-order valence-electron chi connectivity index (χ4n) is 1.47. The van der Waals surface area contributed by atoms with Crippen molar-refractivity contribution in [1.82, 2.24) is 5.32 Å². The summed E-state index contributed by atoms with van der Waals surface area (Å²) in [5.74, 6) is 0.709. The number of ether oxygens (including phenoxy) is 2. The second-order valence-electron chi connectivity index (χ2n) is 3.78. The summed E-state index contributed by atoms with van der Waals surface area (Å²) in [6.45, 7) is 1.98. The highest BCUT2D eigenvalue weighted by atomic mass is 35.5. The second-order valence-corrected chi connectivity index (χ2v) is 4.18. The Morgan fingerprint density at radius 3 is 2.89 bits per heavy atom. The lowest BCUT2D eigenvalue weighted by atomic mass is 10.2. The summed E-state index contributed by atoms with van der Waals surface area (Å²) >= 11 is 6.13. The molecule has 0 fully saturated rings. The third kappa shape index (κ3) is 5.21. The Morgan fingerprint density at radius 1 is 1.33 bits per heavy atom. The summed E-state index contributed by atoms with van der Waals surface area (Å²) < 4.78 is 22.5. The summed E-state index contributed by atoms with van der Waals surface area (Å²) in [5.41, 5.74) is 0.897. The molecule has 1 aromatic rings. The second kappa shape index (κ2) is 9.14. The van der Waals surface area contributed by atoms with E-state index in [0.29, 0.717) is 37.0 Å². The van der Waals surface area contributed by atoms with Crippen LogP contribution in [0, 0.1) is 0 Å². The summed E-state index contributed by atoms with van der Waals surface area (Å²) in [6, 6.07) is 5.49. The third-order valence-corrected chi connectivity index (χ3v) is 2.75. The molecule has 0 saturated heterocycles. The first-order chi connectivity index (χ1) is 8.79.